The van der Waals surface area contributed by atoms with Crippen LogP contribution in [0, 0.1) is 5.82 Å². The number of aromatic nitrogens is 2. The van der Waals surface area contributed by atoms with E-state index in [9.17, 15) is 4.39 Å². The number of nitrogens with two attached hydrogens (primary N) is 1. The Balaban J connectivity index is 2.12. The summed E-state index contributed by atoms with van der Waals surface area (Å²) >= 11 is 0. The van der Waals surface area contributed by atoms with E-state index in [2.05, 4.69) is 10.4 Å². The number of rotatable bonds is 3. The summed E-state index contributed by atoms with van der Waals surface area (Å²) in [5.41, 5.74) is 3.74. The van der Waals surface area contributed by atoms with Gasteiger partial charge in [-0.1, -0.05) is 12.1 Å². The lowest BCUT2D eigenvalue weighted by molar-refractivity contribution is 0.454. The first-order valence-electron chi connectivity index (χ1n) is 5.81. The molecular weight excluding hydrogens is 247 g/mol. The van der Waals surface area contributed by atoms with Crippen molar-refractivity contribution in [3.05, 3.63) is 54.1 Å². The molecule has 0 saturated heterocycles. The Morgan fingerprint density at radius 2 is 2.32 bits per heavy atom. The van der Waals surface area contributed by atoms with Crippen LogP contribution in [0.3, 0.4) is 0 Å². The highest BCUT2D eigenvalue weighted by atomic mass is 19.1. The molecule has 1 unspecified atom stereocenters. The van der Waals surface area contributed by atoms with E-state index in [-0.39, 0.29) is 17.4 Å². The predicted octanol–water partition coefficient (Wildman–Crippen LogP) is 1.86. The van der Waals surface area contributed by atoms with Crippen LogP contribution in [0.2, 0.25) is 0 Å². The van der Waals surface area contributed by atoms with Gasteiger partial charge in [0, 0.05) is 12.4 Å². The maximum atomic E-state index is 13.6. The first-order valence-corrected chi connectivity index (χ1v) is 5.81. The summed E-state index contributed by atoms with van der Waals surface area (Å²) in [4.78, 5) is 4.04. The van der Waals surface area contributed by atoms with Gasteiger partial charge in [-0.25, -0.2) is 14.8 Å². The van der Waals surface area contributed by atoms with E-state index in [4.69, 9.17) is 10.3 Å². The number of hydrogen-bond donors (Lipinski definition) is 2. The first-order chi connectivity index (χ1) is 9.20. The molecule has 5 nitrogen and oxygen atoms in total. The highest BCUT2D eigenvalue weighted by Crippen LogP contribution is 2.28. The molecule has 6 heteroatoms. The van der Waals surface area contributed by atoms with Gasteiger partial charge in [-0.05, 0) is 12.1 Å². The topological polar surface area (TPSA) is 69.0 Å². The Morgan fingerprint density at radius 1 is 1.47 bits per heavy atom. The molecule has 0 aliphatic rings. The third-order valence-electron chi connectivity index (χ3n) is 3.12. The molecule has 0 fully saturated rings. The Hall–Kier alpha value is -2.18. The molecule has 0 aliphatic carbocycles. The predicted molar refractivity (Wildman–Crippen MR) is 68.5 cm³/mol. The molecule has 2 aromatic heterocycles. The van der Waals surface area contributed by atoms with Crippen molar-refractivity contribution in [1.29, 1.82) is 0 Å². The number of furan rings is 1. The van der Waals surface area contributed by atoms with Crippen molar-refractivity contribution < 1.29 is 8.81 Å². The number of nitrogens with one attached hydrogen (secondary N) is 1. The first kappa shape index (κ1) is 11.9. The zero-order chi connectivity index (χ0) is 13.4. The van der Waals surface area contributed by atoms with Gasteiger partial charge in [0.2, 0.25) is 0 Å². The van der Waals surface area contributed by atoms with Gasteiger partial charge in [0.25, 0.3) is 0 Å². The molecule has 0 aliphatic heterocycles. The van der Waals surface area contributed by atoms with Crippen LogP contribution < -0.4 is 11.3 Å². The summed E-state index contributed by atoms with van der Waals surface area (Å²) in [5.74, 6) is 5.74. The van der Waals surface area contributed by atoms with Crippen LogP contribution in [-0.2, 0) is 7.05 Å². The van der Waals surface area contributed by atoms with Crippen LogP contribution in [0.15, 0.2) is 41.2 Å². The molecule has 3 rings (SSSR count). The molecule has 0 bridgehead atoms. The van der Waals surface area contributed by atoms with Crippen LogP contribution >= 0.6 is 0 Å². The van der Waals surface area contributed by atoms with Crippen molar-refractivity contribution in [2.45, 2.75) is 6.04 Å². The van der Waals surface area contributed by atoms with E-state index in [1.807, 2.05) is 11.6 Å². The number of para-hydroxylation sites is 1. The minimum absolute atomic E-state index is 0.236. The summed E-state index contributed by atoms with van der Waals surface area (Å²) < 4.78 is 21.0. The molecule has 3 aromatic rings. The normalized spacial score (nSPS) is 13.0. The lowest BCUT2D eigenvalue weighted by atomic mass is 10.1. The minimum Gasteiger partial charge on any atom is -0.456 e. The number of hydrazine groups is 1. The van der Waals surface area contributed by atoms with Crippen LogP contribution in [0.1, 0.15) is 17.5 Å². The fourth-order valence-electron chi connectivity index (χ4n) is 2.15. The van der Waals surface area contributed by atoms with Gasteiger partial charge in [0.15, 0.2) is 11.4 Å². The molecule has 3 N–H and O–H groups in total. The van der Waals surface area contributed by atoms with Crippen LogP contribution in [0.25, 0.3) is 11.0 Å². The number of aryl methyl sites for hydroxylation is 1. The number of benzene rings is 1. The van der Waals surface area contributed by atoms with Crippen LogP contribution in [-0.4, -0.2) is 9.55 Å². The van der Waals surface area contributed by atoms with Gasteiger partial charge in [0.1, 0.15) is 11.8 Å². The quantitative estimate of drug-likeness (QED) is 0.557. The van der Waals surface area contributed by atoms with Gasteiger partial charge < -0.3 is 8.98 Å². The summed E-state index contributed by atoms with van der Waals surface area (Å²) in [6.07, 6.45) is 3.36. The molecule has 2 heterocycles. The second-order valence-corrected chi connectivity index (χ2v) is 4.34. The standard InChI is InChI=1S/C13H13FN4O/c1-18-7-16-6-10(18)12(17-15)11-5-8-3-2-4-9(14)13(8)19-11/h2-7,12,17H,15H2,1H3. The Kier molecular flexibility index (Phi) is 2.81. The highest BCUT2D eigenvalue weighted by Gasteiger charge is 2.20. The van der Waals surface area contributed by atoms with E-state index in [0.29, 0.717) is 11.1 Å². The number of hydrogen-bond acceptors (Lipinski definition) is 4. The van der Waals surface area contributed by atoms with Gasteiger partial charge in [-0.2, -0.15) is 0 Å². The second-order valence-electron chi connectivity index (χ2n) is 4.34. The summed E-state index contributed by atoms with van der Waals surface area (Å²) in [7, 11) is 1.86. The number of nitrogens with zero attached hydrogens (tertiary/aromatic N) is 2. The van der Waals surface area contributed by atoms with Crippen molar-refractivity contribution in [2.75, 3.05) is 0 Å². The molecule has 0 radical (unpaired) electrons. The SMILES string of the molecule is Cn1cncc1C(NN)c1cc2cccc(F)c2o1. The summed E-state index contributed by atoms with van der Waals surface area (Å²) in [6.45, 7) is 0. The fourth-order valence-corrected chi connectivity index (χ4v) is 2.15. The summed E-state index contributed by atoms with van der Waals surface area (Å²) in [5, 5.41) is 0.706. The van der Waals surface area contributed by atoms with Crippen molar-refractivity contribution in [3.63, 3.8) is 0 Å². The zero-order valence-electron chi connectivity index (χ0n) is 10.3. The van der Waals surface area contributed by atoms with Crippen molar-refractivity contribution in [3.8, 4) is 0 Å². The largest absolute Gasteiger partial charge is 0.456 e. The lowest BCUT2D eigenvalue weighted by Gasteiger charge is -2.13. The van der Waals surface area contributed by atoms with E-state index >= 15 is 0 Å². The molecular formula is C13H13FN4O. The molecule has 1 aromatic carbocycles. The van der Waals surface area contributed by atoms with Gasteiger partial charge >= 0.3 is 0 Å². The third kappa shape index (κ3) is 1.91. The maximum Gasteiger partial charge on any atom is 0.169 e. The minimum atomic E-state index is -0.385. The zero-order valence-corrected chi connectivity index (χ0v) is 10.3. The maximum absolute atomic E-state index is 13.6. The van der Waals surface area contributed by atoms with Crippen molar-refractivity contribution in [2.24, 2.45) is 12.9 Å². The fraction of sp³-hybridized carbons (Fsp3) is 0.154. The molecule has 98 valence electrons. The molecule has 19 heavy (non-hydrogen) atoms. The molecule has 0 saturated carbocycles. The van der Waals surface area contributed by atoms with Crippen LogP contribution in [0.5, 0.6) is 0 Å². The average Bonchev–Trinajstić information content (AvgIpc) is 2.99. The summed E-state index contributed by atoms with van der Waals surface area (Å²) in [6, 6.07) is 6.20. The third-order valence-corrected chi connectivity index (χ3v) is 3.12. The lowest BCUT2D eigenvalue weighted by Crippen LogP contribution is -2.29. The van der Waals surface area contributed by atoms with Gasteiger partial charge in [-0.15, -0.1) is 0 Å². The Labute approximate surface area is 108 Å². The molecule has 1 atom stereocenters. The second kappa shape index (κ2) is 4.49. The average molecular weight is 260 g/mol. The number of halogens is 1. The smallest absolute Gasteiger partial charge is 0.169 e. The number of imidazole rings is 1. The highest BCUT2D eigenvalue weighted by molar-refractivity contribution is 5.78. The Morgan fingerprint density at radius 3 is 2.95 bits per heavy atom. The van der Waals surface area contributed by atoms with E-state index in [0.717, 1.165) is 5.69 Å². The van der Waals surface area contributed by atoms with Gasteiger partial charge in [-0.3, -0.25) is 5.84 Å². The van der Waals surface area contributed by atoms with E-state index < -0.39 is 0 Å². The molecule has 0 amide bonds. The van der Waals surface area contributed by atoms with Crippen molar-refractivity contribution >= 4 is 11.0 Å². The van der Waals surface area contributed by atoms with Gasteiger partial charge in [0.05, 0.1) is 18.2 Å². The monoisotopic (exact) mass is 260 g/mol. The van der Waals surface area contributed by atoms with E-state index in [1.165, 1.54) is 6.07 Å². The molecule has 0 spiro atoms. The Bertz CT molecular complexity index is 718. The van der Waals surface area contributed by atoms with Crippen LogP contribution in [0.4, 0.5) is 4.39 Å². The van der Waals surface area contributed by atoms with Crippen molar-refractivity contribution in [1.82, 2.24) is 15.0 Å². The number of fused-ring (bicyclic) bond motifs is 1. The van der Waals surface area contributed by atoms with E-state index in [1.54, 1.807) is 30.7 Å².